The van der Waals surface area contributed by atoms with Crippen molar-refractivity contribution in [3.8, 4) is 5.75 Å². The molecule has 0 saturated heterocycles. The van der Waals surface area contributed by atoms with Gasteiger partial charge in [-0.05, 0) is 31.2 Å². The van der Waals surface area contributed by atoms with Crippen LogP contribution in [-0.4, -0.2) is 16.5 Å². The van der Waals surface area contributed by atoms with E-state index in [1.54, 1.807) is 29.0 Å². The first kappa shape index (κ1) is 11.1. The van der Waals surface area contributed by atoms with Crippen LogP contribution in [0.2, 0.25) is 0 Å². The number of nitrogens with zero attached hydrogens (tertiary/aromatic N) is 1. The summed E-state index contributed by atoms with van der Waals surface area (Å²) >= 11 is 1.74. The molecule has 19 heavy (non-hydrogen) atoms. The van der Waals surface area contributed by atoms with Crippen LogP contribution in [-0.2, 0) is 12.8 Å². The Hall–Kier alpha value is -1.75. The van der Waals surface area contributed by atoms with Crippen molar-refractivity contribution in [3.05, 3.63) is 33.1 Å². The number of aromatic amines is 1. The molecule has 0 unspecified atom stereocenters. The number of hydrogen-bond acceptors (Lipinski definition) is 3. The zero-order valence-corrected chi connectivity index (χ0v) is 11.5. The van der Waals surface area contributed by atoms with Gasteiger partial charge < -0.3 is 9.72 Å². The first-order valence-electron chi connectivity index (χ1n) is 6.50. The number of methoxy groups -OCH3 is 1. The molecule has 3 aromatic rings. The van der Waals surface area contributed by atoms with E-state index in [2.05, 4.69) is 4.98 Å². The minimum absolute atomic E-state index is 0.0754. The molecule has 5 heteroatoms. The lowest BCUT2D eigenvalue weighted by Gasteiger charge is -2.09. The molecule has 3 aromatic heterocycles. The summed E-state index contributed by atoms with van der Waals surface area (Å²) in [6.07, 6.45) is 6.31. The normalized spacial score (nSPS) is 15.0. The second-order valence-corrected chi connectivity index (χ2v) is 6.09. The zero-order valence-electron chi connectivity index (χ0n) is 10.7. The Labute approximate surface area is 113 Å². The summed E-state index contributed by atoms with van der Waals surface area (Å²) < 4.78 is 6.85. The maximum Gasteiger partial charge on any atom is 0.266 e. The largest absolute Gasteiger partial charge is 0.495 e. The Kier molecular flexibility index (Phi) is 2.26. The van der Waals surface area contributed by atoms with Crippen molar-refractivity contribution in [2.75, 3.05) is 7.11 Å². The molecular weight excluding hydrogens is 260 g/mol. The van der Waals surface area contributed by atoms with Crippen LogP contribution in [0.15, 0.2) is 17.1 Å². The molecule has 0 aliphatic heterocycles. The van der Waals surface area contributed by atoms with Gasteiger partial charge in [0.05, 0.1) is 18.7 Å². The molecule has 1 aliphatic rings. The molecule has 1 aliphatic carbocycles. The van der Waals surface area contributed by atoms with Crippen LogP contribution in [0.4, 0.5) is 0 Å². The summed E-state index contributed by atoms with van der Waals surface area (Å²) in [5, 5.41) is 0.880. The van der Waals surface area contributed by atoms with Crippen LogP contribution in [0.25, 0.3) is 15.9 Å². The second kappa shape index (κ2) is 3.87. The predicted molar refractivity (Wildman–Crippen MR) is 76.6 cm³/mol. The van der Waals surface area contributed by atoms with Crippen molar-refractivity contribution >= 4 is 27.2 Å². The molecule has 0 amide bonds. The first-order chi connectivity index (χ1) is 9.28. The molecule has 3 heterocycles. The summed E-state index contributed by atoms with van der Waals surface area (Å²) in [6, 6.07) is 1.86. The van der Waals surface area contributed by atoms with Crippen molar-refractivity contribution in [1.82, 2.24) is 9.38 Å². The number of H-pyrrole nitrogens is 1. The molecule has 4 rings (SSSR count). The van der Waals surface area contributed by atoms with E-state index in [1.807, 2.05) is 6.07 Å². The molecule has 0 spiro atoms. The van der Waals surface area contributed by atoms with Gasteiger partial charge >= 0.3 is 0 Å². The topological polar surface area (TPSA) is 46.5 Å². The highest BCUT2D eigenvalue weighted by atomic mass is 32.1. The summed E-state index contributed by atoms with van der Waals surface area (Å²) in [5.41, 5.74) is 2.14. The Balaban J connectivity index is 2.13. The van der Waals surface area contributed by atoms with E-state index in [0.717, 1.165) is 28.7 Å². The average Bonchev–Trinajstić information content (AvgIpc) is 2.99. The minimum Gasteiger partial charge on any atom is -0.495 e. The molecule has 98 valence electrons. The van der Waals surface area contributed by atoms with E-state index in [1.165, 1.54) is 23.3 Å². The van der Waals surface area contributed by atoms with Gasteiger partial charge in [-0.25, -0.2) is 0 Å². The molecule has 0 saturated carbocycles. The highest BCUT2D eigenvalue weighted by Gasteiger charge is 2.20. The van der Waals surface area contributed by atoms with E-state index in [0.29, 0.717) is 5.75 Å². The van der Waals surface area contributed by atoms with E-state index in [9.17, 15) is 4.79 Å². The van der Waals surface area contributed by atoms with E-state index in [-0.39, 0.29) is 5.56 Å². The Morgan fingerprint density at radius 1 is 1.37 bits per heavy atom. The van der Waals surface area contributed by atoms with Crippen LogP contribution in [0.5, 0.6) is 5.75 Å². The van der Waals surface area contributed by atoms with Gasteiger partial charge in [-0.2, -0.15) is 0 Å². The van der Waals surface area contributed by atoms with Crippen molar-refractivity contribution < 1.29 is 4.74 Å². The van der Waals surface area contributed by atoms with Crippen LogP contribution < -0.4 is 10.3 Å². The number of thiophene rings is 1. The van der Waals surface area contributed by atoms with Gasteiger partial charge in [-0.1, -0.05) is 0 Å². The van der Waals surface area contributed by atoms with Gasteiger partial charge in [0.2, 0.25) is 0 Å². The fourth-order valence-electron chi connectivity index (χ4n) is 2.93. The average molecular weight is 274 g/mol. The monoisotopic (exact) mass is 274 g/mol. The fourth-order valence-corrected chi connectivity index (χ4v) is 4.22. The lowest BCUT2D eigenvalue weighted by molar-refractivity contribution is 0.415. The Morgan fingerprint density at radius 2 is 2.21 bits per heavy atom. The SMILES string of the molecule is COc1cc2[nH]c3sc4c(c3c(=O)n2c1)CCCC4. The van der Waals surface area contributed by atoms with Crippen molar-refractivity contribution in [2.45, 2.75) is 25.7 Å². The summed E-state index contributed by atoms with van der Waals surface area (Å²) in [6.45, 7) is 0. The molecule has 0 fully saturated rings. The number of rotatable bonds is 1. The van der Waals surface area contributed by atoms with Gasteiger partial charge in [-0.3, -0.25) is 9.20 Å². The van der Waals surface area contributed by atoms with Gasteiger partial charge in [0.1, 0.15) is 16.2 Å². The molecular formula is C14H14N2O2S. The zero-order chi connectivity index (χ0) is 13.0. The molecule has 0 aromatic carbocycles. The smallest absolute Gasteiger partial charge is 0.266 e. The first-order valence-corrected chi connectivity index (χ1v) is 7.32. The number of ether oxygens (including phenoxy) is 1. The lowest BCUT2D eigenvalue weighted by Crippen LogP contribution is -2.14. The minimum atomic E-state index is 0.0754. The van der Waals surface area contributed by atoms with Gasteiger partial charge in [0.25, 0.3) is 5.56 Å². The number of fused-ring (bicyclic) bond motifs is 4. The van der Waals surface area contributed by atoms with Crippen molar-refractivity contribution in [1.29, 1.82) is 0 Å². The summed E-state index contributed by atoms with van der Waals surface area (Å²) in [7, 11) is 1.61. The molecule has 0 atom stereocenters. The van der Waals surface area contributed by atoms with Crippen molar-refractivity contribution in [2.24, 2.45) is 0 Å². The third-order valence-electron chi connectivity index (χ3n) is 3.88. The van der Waals surface area contributed by atoms with E-state index >= 15 is 0 Å². The number of hydrogen-bond donors (Lipinski definition) is 1. The summed E-state index contributed by atoms with van der Waals surface area (Å²) in [5.74, 6) is 0.708. The number of aromatic nitrogens is 2. The predicted octanol–water partition coefficient (Wildman–Crippen LogP) is 2.73. The quantitative estimate of drug-likeness (QED) is 0.741. The van der Waals surface area contributed by atoms with Crippen LogP contribution in [0.1, 0.15) is 23.3 Å². The highest BCUT2D eigenvalue weighted by molar-refractivity contribution is 7.18. The highest BCUT2D eigenvalue weighted by Crippen LogP contribution is 2.34. The molecule has 0 radical (unpaired) electrons. The second-order valence-electron chi connectivity index (χ2n) is 4.98. The van der Waals surface area contributed by atoms with Crippen LogP contribution in [0.3, 0.4) is 0 Å². The maximum absolute atomic E-state index is 12.6. The Morgan fingerprint density at radius 3 is 3.05 bits per heavy atom. The standard InChI is InChI=1S/C14H14N2O2S/c1-18-8-6-11-15-13-12(14(17)16(11)7-8)9-4-2-3-5-10(9)19-13/h6-7,15H,2-5H2,1H3. The maximum atomic E-state index is 12.6. The van der Waals surface area contributed by atoms with Gasteiger partial charge in [0.15, 0.2) is 0 Å². The molecule has 0 bridgehead atoms. The fraction of sp³-hybridized carbons (Fsp3) is 0.357. The Bertz CT molecular complexity index is 840. The number of aryl methyl sites for hydroxylation is 2. The lowest BCUT2D eigenvalue weighted by atomic mass is 9.97. The van der Waals surface area contributed by atoms with Crippen LogP contribution in [0, 0.1) is 0 Å². The van der Waals surface area contributed by atoms with E-state index < -0.39 is 0 Å². The third kappa shape index (κ3) is 1.48. The molecule has 4 nitrogen and oxygen atoms in total. The molecule has 1 N–H and O–H groups in total. The van der Waals surface area contributed by atoms with Gasteiger partial charge in [-0.15, -0.1) is 11.3 Å². The van der Waals surface area contributed by atoms with Gasteiger partial charge in [0, 0.05) is 10.9 Å². The van der Waals surface area contributed by atoms with Crippen LogP contribution >= 0.6 is 11.3 Å². The summed E-state index contributed by atoms with van der Waals surface area (Å²) in [4.78, 5) is 18.4. The number of nitrogens with one attached hydrogen (secondary N) is 1. The van der Waals surface area contributed by atoms with Crippen molar-refractivity contribution in [3.63, 3.8) is 0 Å². The van der Waals surface area contributed by atoms with E-state index in [4.69, 9.17) is 4.74 Å². The third-order valence-corrected chi connectivity index (χ3v) is 5.08.